The van der Waals surface area contributed by atoms with Crippen LogP contribution >= 0.6 is 0 Å². The minimum atomic E-state index is -0.292. The summed E-state index contributed by atoms with van der Waals surface area (Å²) in [6, 6.07) is 8.31. The van der Waals surface area contributed by atoms with Crippen LogP contribution in [-0.4, -0.2) is 36.2 Å². The standard InChI is InChI=1S/C15H20N2O2/c1-12-3-5-13(6-4-12)9-17-11-15(19-14(17)18)7-2-8-16-10-15/h3-6,16H,2,7-11H2,1H3. The highest BCUT2D eigenvalue weighted by atomic mass is 16.6. The Balaban J connectivity index is 1.68. The van der Waals surface area contributed by atoms with Crippen molar-refractivity contribution in [2.75, 3.05) is 19.6 Å². The number of carbonyl (C=O) groups excluding carboxylic acids is 1. The molecular formula is C15H20N2O2. The van der Waals surface area contributed by atoms with Crippen molar-refractivity contribution in [3.05, 3.63) is 35.4 Å². The highest BCUT2D eigenvalue weighted by Gasteiger charge is 2.45. The van der Waals surface area contributed by atoms with Crippen molar-refractivity contribution < 1.29 is 9.53 Å². The van der Waals surface area contributed by atoms with Crippen LogP contribution in [0, 0.1) is 6.92 Å². The monoisotopic (exact) mass is 260 g/mol. The Morgan fingerprint density at radius 2 is 2.16 bits per heavy atom. The van der Waals surface area contributed by atoms with Crippen LogP contribution in [-0.2, 0) is 11.3 Å². The quantitative estimate of drug-likeness (QED) is 0.885. The SMILES string of the molecule is Cc1ccc(CN2CC3(CCCNC3)OC2=O)cc1. The molecule has 0 bridgehead atoms. The lowest BCUT2D eigenvalue weighted by Crippen LogP contribution is -2.48. The number of amides is 1. The normalized spacial score (nSPS) is 26.8. The van der Waals surface area contributed by atoms with Gasteiger partial charge >= 0.3 is 6.09 Å². The zero-order valence-corrected chi connectivity index (χ0v) is 11.3. The largest absolute Gasteiger partial charge is 0.440 e. The number of aryl methyl sites for hydroxylation is 1. The molecular weight excluding hydrogens is 240 g/mol. The number of nitrogens with one attached hydrogen (secondary N) is 1. The highest BCUT2D eigenvalue weighted by Crippen LogP contribution is 2.30. The molecule has 4 nitrogen and oxygen atoms in total. The van der Waals surface area contributed by atoms with Gasteiger partial charge in [-0.05, 0) is 31.9 Å². The van der Waals surface area contributed by atoms with Crippen molar-refractivity contribution in [1.82, 2.24) is 10.2 Å². The van der Waals surface area contributed by atoms with Gasteiger partial charge < -0.3 is 10.1 Å². The molecule has 1 spiro atoms. The van der Waals surface area contributed by atoms with Crippen LogP contribution in [0.4, 0.5) is 4.79 Å². The molecule has 2 saturated heterocycles. The summed E-state index contributed by atoms with van der Waals surface area (Å²) < 4.78 is 5.62. The lowest BCUT2D eigenvalue weighted by atomic mass is 9.94. The van der Waals surface area contributed by atoms with Gasteiger partial charge in [0, 0.05) is 13.1 Å². The lowest BCUT2D eigenvalue weighted by molar-refractivity contribution is 0.0366. The second-order valence-corrected chi connectivity index (χ2v) is 5.67. The van der Waals surface area contributed by atoms with E-state index < -0.39 is 0 Å². The van der Waals surface area contributed by atoms with Crippen molar-refractivity contribution in [3.63, 3.8) is 0 Å². The fourth-order valence-corrected chi connectivity index (χ4v) is 2.89. The first-order chi connectivity index (χ1) is 9.17. The molecule has 1 unspecified atom stereocenters. The molecule has 0 aromatic heterocycles. The van der Waals surface area contributed by atoms with E-state index in [-0.39, 0.29) is 11.7 Å². The number of hydrogen-bond acceptors (Lipinski definition) is 3. The van der Waals surface area contributed by atoms with E-state index in [4.69, 9.17) is 4.74 Å². The molecule has 0 radical (unpaired) electrons. The number of piperidine rings is 1. The third-order valence-corrected chi connectivity index (χ3v) is 3.97. The maximum absolute atomic E-state index is 12.0. The second-order valence-electron chi connectivity index (χ2n) is 5.67. The lowest BCUT2D eigenvalue weighted by Gasteiger charge is -2.31. The maximum atomic E-state index is 12.0. The van der Waals surface area contributed by atoms with Gasteiger partial charge in [-0.3, -0.25) is 4.90 Å². The number of nitrogens with zero attached hydrogens (tertiary/aromatic N) is 1. The van der Waals surface area contributed by atoms with Gasteiger partial charge in [-0.1, -0.05) is 29.8 Å². The van der Waals surface area contributed by atoms with Gasteiger partial charge in [0.1, 0.15) is 5.60 Å². The van der Waals surface area contributed by atoms with Gasteiger partial charge in [-0.2, -0.15) is 0 Å². The summed E-state index contributed by atoms with van der Waals surface area (Å²) in [6.45, 7) is 5.21. The number of ether oxygens (including phenoxy) is 1. The van der Waals surface area contributed by atoms with E-state index in [0.29, 0.717) is 13.1 Å². The maximum Gasteiger partial charge on any atom is 0.410 e. The molecule has 1 N–H and O–H groups in total. The van der Waals surface area contributed by atoms with E-state index in [1.54, 1.807) is 0 Å². The van der Waals surface area contributed by atoms with Crippen LogP contribution < -0.4 is 5.32 Å². The molecule has 1 aromatic carbocycles. The van der Waals surface area contributed by atoms with E-state index >= 15 is 0 Å². The number of rotatable bonds is 2. The van der Waals surface area contributed by atoms with Crippen molar-refractivity contribution in [2.45, 2.75) is 31.9 Å². The minimum absolute atomic E-state index is 0.177. The van der Waals surface area contributed by atoms with Crippen molar-refractivity contribution in [3.8, 4) is 0 Å². The van der Waals surface area contributed by atoms with Gasteiger partial charge in [0.15, 0.2) is 0 Å². The average molecular weight is 260 g/mol. The molecule has 1 aromatic rings. The summed E-state index contributed by atoms with van der Waals surface area (Å²) in [4.78, 5) is 13.8. The van der Waals surface area contributed by atoms with Crippen molar-refractivity contribution in [1.29, 1.82) is 0 Å². The van der Waals surface area contributed by atoms with Gasteiger partial charge in [0.2, 0.25) is 0 Å². The first kappa shape index (κ1) is 12.5. The Hall–Kier alpha value is -1.55. The molecule has 19 heavy (non-hydrogen) atoms. The molecule has 1 amide bonds. The minimum Gasteiger partial charge on any atom is -0.440 e. The van der Waals surface area contributed by atoms with E-state index in [9.17, 15) is 4.79 Å². The topological polar surface area (TPSA) is 41.6 Å². The third kappa shape index (κ3) is 2.59. The van der Waals surface area contributed by atoms with Gasteiger partial charge in [0.25, 0.3) is 0 Å². The molecule has 0 aliphatic carbocycles. The second kappa shape index (κ2) is 4.85. The van der Waals surface area contributed by atoms with Crippen molar-refractivity contribution >= 4 is 6.09 Å². The number of benzene rings is 1. The summed E-state index contributed by atoms with van der Waals surface area (Å²) >= 11 is 0. The highest BCUT2D eigenvalue weighted by molar-refractivity contribution is 5.70. The van der Waals surface area contributed by atoms with E-state index in [1.165, 1.54) is 5.56 Å². The molecule has 1 atom stereocenters. The predicted octanol–water partition coefficient (Wildman–Crippen LogP) is 2.07. The van der Waals surface area contributed by atoms with Crippen molar-refractivity contribution in [2.24, 2.45) is 0 Å². The predicted molar refractivity (Wildman–Crippen MR) is 72.9 cm³/mol. The zero-order valence-electron chi connectivity index (χ0n) is 11.3. The van der Waals surface area contributed by atoms with Crippen LogP contribution in [0.15, 0.2) is 24.3 Å². The van der Waals surface area contributed by atoms with Gasteiger partial charge in [-0.15, -0.1) is 0 Å². The van der Waals surface area contributed by atoms with Gasteiger partial charge in [-0.25, -0.2) is 4.79 Å². The zero-order chi connectivity index (χ0) is 13.3. The van der Waals surface area contributed by atoms with E-state index in [1.807, 2.05) is 4.90 Å². The Morgan fingerprint density at radius 1 is 1.37 bits per heavy atom. The smallest absolute Gasteiger partial charge is 0.410 e. The molecule has 2 aliphatic heterocycles. The Kier molecular flexibility index (Phi) is 3.19. The van der Waals surface area contributed by atoms with E-state index in [0.717, 1.165) is 31.5 Å². The van der Waals surface area contributed by atoms with Gasteiger partial charge in [0.05, 0.1) is 6.54 Å². The summed E-state index contributed by atoms with van der Waals surface area (Å²) in [5, 5.41) is 3.33. The fourth-order valence-electron chi connectivity index (χ4n) is 2.89. The van der Waals surface area contributed by atoms with E-state index in [2.05, 4.69) is 36.5 Å². The van der Waals surface area contributed by atoms with Crippen LogP contribution in [0.3, 0.4) is 0 Å². The first-order valence-electron chi connectivity index (χ1n) is 6.91. The average Bonchev–Trinajstić information content (AvgIpc) is 2.69. The molecule has 2 fully saturated rings. The molecule has 102 valence electrons. The molecule has 0 saturated carbocycles. The number of carbonyl (C=O) groups is 1. The van der Waals surface area contributed by atoms with Crippen LogP contribution in [0.25, 0.3) is 0 Å². The van der Waals surface area contributed by atoms with Crippen LogP contribution in [0.1, 0.15) is 24.0 Å². The number of hydrogen-bond donors (Lipinski definition) is 1. The molecule has 4 heteroatoms. The molecule has 3 rings (SSSR count). The Bertz CT molecular complexity index is 464. The summed E-state index contributed by atoms with van der Waals surface area (Å²) in [7, 11) is 0. The summed E-state index contributed by atoms with van der Waals surface area (Å²) in [5.74, 6) is 0. The summed E-state index contributed by atoms with van der Waals surface area (Å²) in [5.41, 5.74) is 2.10. The fraction of sp³-hybridized carbons (Fsp3) is 0.533. The van der Waals surface area contributed by atoms with Crippen LogP contribution in [0.2, 0.25) is 0 Å². The molecule has 2 heterocycles. The van der Waals surface area contributed by atoms with Crippen LogP contribution in [0.5, 0.6) is 0 Å². The molecule has 2 aliphatic rings. The Labute approximate surface area is 113 Å². The first-order valence-corrected chi connectivity index (χ1v) is 6.91. The summed E-state index contributed by atoms with van der Waals surface area (Å²) in [6.07, 6.45) is 1.87. The third-order valence-electron chi connectivity index (χ3n) is 3.97. The Morgan fingerprint density at radius 3 is 2.84 bits per heavy atom.